The predicted molar refractivity (Wildman–Crippen MR) is 118 cm³/mol. The third-order valence-corrected chi connectivity index (χ3v) is 4.81. The minimum absolute atomic E-state index is 0.0740. The molecule has 0 saturated carbocycles. The Bertz CT molecular complexity index is 1270. The van der Waals surface area contributed by atoms with Gasteiger partial charge in [0, 0.05) is 23.8 Å². The van der Waals surface area contributed by atoms with Crippen LogP contribution in [-0.4, -0.2) is 38.4 Å². The number of fused-ring (bicyclic) bond motifs is 1. The standard InChI is InChI=1S/C19H15Cl2F3N8O/c20-10-3-1-4-11(9-10)27-16-15(29-17-18(30-16)32-33-31-17)26-8-2-7-25-13-6-5-12(21)14(28-13)19(22,23)24/h1,3-6,9H,2,7-8H2,(H,25,28)(H,26,29,31)(H,27,30,32). The lowest BCUT2D eigenvalue weighted by molar-refractivity contribution is -0.141. The molecule has 0 aliphatic carbocycles. The van der Waals surface area contributed by atoms with Crippen LogP contribution in [0.15, 0.2) is 41.0 Å². The van der Waals surface area contributed by atoms with Gasteiger partial charge in [0.05, 0.1) is 5.02 Å². The molecule has 0 bridgehead atoms. The molecule has 9 nitrogen and oxygen atoms in total. The number of rotatable bonds is 8. The largest absolute Gasteiger partial charge is 0.434 e. The van der Waals surface area contributed by atoms with E-state index in [9.17, 15) is 13.2 Å². The van der Waals surface area contributed by atoms with Crippen molar-refractivity contribution in [2.45, 2.75) is 12.6 Å². The maximum absolute atomic E-state index is 12.9. The number of benzene rings is 1. The summed E-state index contributed by atoms with van der Waals surface area (Å²) in [6, 6.07) is 9.58. The molecule has 14 heteroatoms. The minimum Gasteiger partial charge on any atom is -0.370 e. The molecule has 1 aromatic carbocycles. The molecule has 0 atom stereocenters. The first-order valence-electron chi connectivity index (χ1n) is 9.54. The Morgan fingerprint density at radius 3 is 2.33 bits per heavy atom. The minimum atomic E-state index is -4.63. The Labute approximate surface area is 194 Å². The van der Waals surface area contributed by atoms with E-state index in [2.05, 4.69) is 45.8 Å². The van der Waals surface area contributed by atoms with Crippen LogP contribution < -0.4 is 16.0 Å². The Hall–Kier alpha value is -3.38. The average Bonchev–Trinajstić information content (AvgIpc) is 3.21. The van der Waals surface area contributed by atoms with E-state index in [1.807, 2.05) is 0 Å². The summed E-state index contributed by atoms with van der Waals surface area (Å²) in [4.78, 5) is 12.2. The molecule has 3 N–H and O–H groups in total. The van der Waals surface area contributed by atoms with Gasteiger partial charge in [-0.2, -0.15) is 13.2 Å². The van der Waals surface area contributed by atoms with Gasteiger partial charge < -0.3 is 16.0 Å². The summed E-state index contributed by atoms with van der Waals surface area (Å²) in [6.07, 6.45) is -4.10. The van der Waals surface area contributed by atoms with Gasteiger partial charge in [0.2, 0.25) is 11.3 Å². The average molecular weight is 499 g/mol. The van der Waals surface area contributed by atoms with Gasteiger partial charge in [0.15, 0.2) is 17.3 Å². The summed E-state index contributed by atoms with van der Waals surface area (Å²) in [5.74, 6) is 0.842. The number of hydrogen-bond acceptors (Lipinski definition) is 9. The van der Waals surface area contributed by atoms with E-state index in [1.54, 1.807) is 24.3 Å². The molecule has 0 radical (unpaired) electrons. The van der Waals surface area contributed by atoms with Crippen LogP contribution in [0.4, 0.5) is 36.3 Å². The van der Waals surface area contributed by atoms with Gasteiger partial charge in [-0.25, -0.2) is 19.6 Å². The third-order valence-electron chi connectivity index (χ3n) is 4.27. The molecule has 172 valence electrons. The van der Waals surface area contributed by atoms with Crippen LogP contribution in [0.2, 0.25) is 10.0 Å². The Morgan fingerprint density at radius 2 is 1.61 bits per heavy atom. The molecule has 3 heterocycles. The summed E-state index contributed by atoms with van der Waals surface area (Å²) >= 11 is 11.6. The van der Waals surface area contributed by atoms with Crippen molar-refractivity contribution in [2.75, 3.05) is 29.0 Å². The van der Waals surface area contributed by atoms with E-state index in [0.29, 0.717) is 41.9 Å². The number of nitrogens with zero attached hydrogens (tertiary/aromatic N) is 5. The molecule has 0 amide bonds. The fourth-order valence-corrected chi connectivity index (χ4v) is 3.21. The normalized spacial score (nSPS) is 11.5. The van der Waals surface area contributed by atoms with Crippen LogP contribution in [-0.2, 0) is 6.18 Å². The summed E-state index contributed by atoms with van der Waals surface area (Å²) < 4.78 is 43.5. The van der Waals surface area contributed by atoms with Crippen molar-refractivity contribution in [3.05, 3.63) is 52.1 Å². The molecule has 3 aromatic heterocycles. The van der Waals surface area contributed by atoms with E-state index in [-0.39, 0.29) is 17.1 Å². The van der Waals surface area contributed by atoms with Crippen molar-refractivity contribution < 1.29 is 17.8 Å². The molecular formula is C19H15Cl2F3N8O. The van der Waals surface area contributed by atoms with Crippen molar-refractivity contribution in [1.29, 1.82) is 0 Å². The molecular weight excluding hydrogens is 484 g/mol. The van der Waals surface area contributed by atoms with Crippen LogP contribution in [0.3, 0.4) is 0 Å². The highest BCUT2D eigenvalue weighted by Gasteiger charge is 2.35. The van der Waals surface area contributed by atoms with Gasteiger partial charge in [-0.05, 0) is 47.1 Å². The zero-order valence-electron chi connectivity index (χ0n) is 16.6. The first kappa shape index (κ1) is 22.8. The highest BCUT2D eigenvalue weighted by molar-refractivity contribution is 6.31. The Balaban J connectivity index is 1.39. The number of halogens is 5. The van der Waals surface area contributed by atoms with Gasteiger partial charge in [0.25, 0.3) is 0 Å². The van der Waals surface area contributed by atoms with Gasteiger partial charge >= 0.3 is 6.18 Å². The molecule has 0 aliphatic heterocycles. The number of nitrogens with one attached hydrogen (secondary N) is 3. The van der Waals surface area contributed by atoms with E-state index >= 15 is 0 Å². The van der Waals surface area contributed by atoms with E-state index in [4.69, 9.17) is 23.2 Å². The van der Waals surface area contributed by atoms with Crippen LogP contribution in [0.25, 0.3) is 11.3 Å². The smallest absolute Gasteiger partial charge is 0.370 e. The fourth-order valence-electron chi connectivity index (χ4n) is 2.80. The van der Waals surface area contributed by atoms with Gasteiger partial charge in [-0.15, -0.1) is 0 Å². The second-order valence-corrected chi connectivity index (χ2v) is 7.54. The van der Waals surface area contributed by atoms with Gasteiger partial charge in [-0.3, -0.25) is 0 Å². The van der Waals surface area contributed by atoms with Crippen LogP contribution >= 0.6 is 23.2 Å². The molecule has 0 fully saturated rings. The SMILES string of the molecule is FC(F)(F)c1nc(NCCCNc2nc3nonc3nc2Nc2cccc(Cl)c2)ccc1Cl. The topological polar surface area (TPSA) is 114 Å². The van der Waals surface area contributed by atoms with Crippen molar-refractivity contribution in [2.24, 2.45) is 0 Å². The van der Waals surface area contributed by atoms with E-state index in [0.717, 1.165) is 6.07 Å². The molecule has 4 aromatic rings. The molecule has 0 unspecified atom stereocenters. The lowest BCUT2D eigenvalue weighted by Crippen LogP contribution is -2.14. The fraction of sp³-hybridized carbons (Fsp3) is 0.211. The van der Waals surface area contributed by atoms with Gasteiger partial charge in [-0.1, -0.05) is 29.3 Å². The summed E-state index contributed by atoms with van der Waals surface area (Å²) in [5, 5.41) is 16.6. The number of pyridine rings is 1. The second-order valence-electron chi connectivity index (χ2n) is 6.70. The quantitative estimate of drug-likeness (QED) is 0.275. The lowest BCUT2D eigenvalue weighted by Gasteiger charge is -2.13. The van der Waals surface area contributed by atoms with Crippen molar-refractivity contribution in [3.8, 4) is 0 Å². The predicted octanol–water partition coefficient (Wildman–Crippen LogP) is 5.39. The third kappa shape index (κ3) is 5.71. The Kier molecular flexibility index (Phi) is 6.65. The second kappa shape index (κ2) is 9.63. The summed E-state index contributed by atoms with van der Waals surface area (Å²) in [5.41, 5.74) is -0.00114. The van der Waals surface area contributed by atoms with E-state index < -0.39 is 16.9 Å². The first-order chi connectivity index (χ1) is 15.8. The summed E-state index contributed by atoms with van der Waals surface area (Å²) in [7, 11) is 0. The first-order valence-corrected chi connectivity index (χ1v) is 10.3. The molecule has 33 heavy (non-hydrogen) atoms. The van der Waals surface area contributed by atoms with Crippen molar-refractivity contribution >= 4 is 57.6 Å². The Morgan fingerprint density at radius 1 is 0.879 bits per heavy atom. The number of hydrogen-bond donors (Lipinski definition) is 3. The van der Waals surface area contributed by atoms with Crippen LogP contribution in [0, 0.1) is 0 Å². The lowest BCUT2D eigenvalue weighted by atomic mass is 10.3. The highest BCUT2D eigenvalue weighted by Crippen LogP contribution is 2.33. The maximum Gasteiger partial charge on any atom is 0.434 e. The van der Waals surface area contributed by atoms with Crippen molar-refractivity contribution in [1.82, 2.24) is 25.3 Å². The number of aromatic nitrogens is 5. The van der Waals surface area contributed by atoms with E-state index in [1.165, 1.54) is 6.07 Å². The molecule has 0 aliphatic rings. The van der Waals surface area contributed by atoms with Crippen LogP contribution in [0.5, 0.6) is 0 Å². The molecule has 0 spiro atoms. The van der Waals surface area contributed by atoms with Gasteiger partial charge in [0.1, 0.15) is 5.82 Å². The number of alkyl halides is 3. The zero-order chi connectivity index (χ0) is 23.4. The van der Waals surface area contributed by atoms with Crippen LogP contribution in [0.1, 0.15) is 12.1 Å². The highest BCUT2D eigenvalue weighted by atomic mass is 35.5. The number of anilines is 4. The summed E-state index contributed by atoms with van der Waals surface area (Å²) in [6.45, 7) is 0.763. The maximum atomic E-state index is 12.9. The monoisotopic (exact) mass is 498 g/mol. The molecule has 0 saturated heterocycles. The van der Waals surface area contributed by atoms with Crippen molar-refractivity contribution in [3.63, 3.8) is 0 Å². The zero-order valence-corrected chi connectivity index (χ0v) is 18.1. The molecule has 4 rings (SSSR count).